The SMILES string of the molecule is CCOc1ccccc1OCCCC[NH+]1C[C@H](C)O[C@@H](C)C1. The van der Waals surface area contributed by atoms with Gasteiger partial charge >= 0.3 is 0 Å². The minimum Gasteiger partial charge on any atom is -0.490 e. The van der Waals surface area contributed by atoms with Gasteiger partial charge in [-0.3, -0.25) is 0 Å². The van der Waals surface area contributed by atoms with Gasteiger partial charge in [-0.05, 0) is 45.7 Å². The lowest BCUT2D eigenvalue weighted by Crippen LogP contribution is -3.15. The summed E-state index contributed by atoms with van der Waals surface area (Å²) in [4.78, 5) is 1.65. The Bertz CT molecular complexity index is 428. The van der Waals surface area contributed by atoms with Crippen LogP contribution in [0.15, 0.2) is 24.3 Å². The van der Waals surface area contributed by atoms with Gasteiger partial charge in [-0.2, -0.15) is 0 Å². The van der Waals surface area contributed by atoms with Crippen LogP contribution in [-0.4, -0.2) is 45.1 Å². The van der Waals surface area contributed by atoms with E-state index in [0.29, 0.717) is 18.8 Å². The molecule has 22 heavy (non-hydrogen) atoms. The summed E-state index contributed by atoms with van der Waals surface area (Å²) >= 11 is 0. The summed E-state index contributed by atoms with van der Waals surface area (Å²) in [7, 11) is 0. The molecule has 1 aliphatic rings. The van der Waals surface area contributed by atoms with E-state index in [1.165, 1.54) is 13.0 Å². The van der Waals surface area contributed by atoms with Gasteiger partial charge in [0.1, 0.15) is 25.3 Å². The monoisotopic (exact) mass is 308 g/mol. The Morgan fingerprint density at radius 3 is 2.32 bits per heavy atom. The molecule has 1 aromatic rings. The number of unbranched alkanes of at least 4 members (excludes halogenated alkanes) is 1. The first-order valence-corrected chi connectivity index (χ1v) is 8.52. The molecular weight excluding hydrogens is 278 g/mol. The molecule has 0 radical (unpaired) electrons. The van der Waals surface area contributed by atoms with Crippen molar-refractivity contribution in [1.82, 2.24) is 0 Å². The second kappa shape index (κ2) is 9.01. The third-order valence-electron chi connectivity index (χ3n) is 3.95. The van der Waals surface area contributed by atoms with Gasteiger partial charge in [-0.1, -0.05) is 12.1 Å². The molecule has 0 bridgehead atoms. The molecule has 0 amide bonds. The molecule has 0 aromatic heterocycles. The van der Waals surface area contributed by atoms with Crippen molar-refractivity contribution >= 4 is 0 Å². The van der Waals surface area contributed by atoms with E-state index in [1.807, 2.05) is 31.2 Å². The predicted molar refractivity (Wildman–Crippen MR) is 87.9 cm³/mol. The van der Waals surface area contributed by atoms with E-state index >= 15 is 0 Å². The van der Waals surface area contributed by atoms with Crippen LogP contribution in [0.3, 0.4) is 0 Å². The van der Waals surface area contributed by atoms with Crippen molar-refractivity contribution in [3.63, 3.8) is 0 Å². The number of ether oxygens (including phenoxy) is 3. The summed E-state index contributed by atoms with van der Waals surface area (Å²) in [6.45, 7) is 11.2. The van der Waals surface area contributed by atoms with Crippen molar-refractivity contribution < 1.29 is 19.1 Å². The zero-order chi connectivity index (χ0) is 15.8. The third kappa shape index (κ3) is 5.50. The molecule has 4 nitrogen and oxygen atoms in total. The van der Waals surface area contributed by atoms with Crippen LogP contribution in [0.25, 0.3) is 0 Å². The summed E-state index contributed by atoms with van der Waals surface area (Å²) in [6.07, 6.45) is 3.03. The van der Waals surface area contributed by atoms with Crippen molar-refractivity contribution in [2.45, 2.75) is 45.8 Å². The fourth-order valence-corrected chi connectivity index (χ4v) is 3.10. The number of rotatable bonds is 8. The van der Waals surface area contributed by atoms with E-state index in [1.54, 1.807) is 4.90 Å². The van der Waals surface area contributed by atoms with Crippen LogP contribution in [0.5, 0.6) is 11.5 Å². The summed E-state index contributed by atoms with van der Waals surface area (Å²) < 4.78 is 17.2. The second-order valence-corrected chi connectivity index (χ2v) is 6.10. The fourth-order valence-electron chi connectivity index (χ4n) is 3.10. The van der Waals surface area contributed by atoms with Crippen molar-refractivity contribution in [2.75, 3.05) is 32.8 Å². The Morgan fingerprint density at radius 2 is 1.68 bits per heavy atom. The van der Waals surface area contributed by atoms with E-state index in [-0.39, 0.29) is 0 Å². The van der Waals surface area contributed by atoms with Gasteiger partial charge in [0.15, 0.2) is 11.5 Å². The number of hydrogen-bond acceptors (Lipinski definition) is 3. The first-order valence-electron chi connectivity index (χ1n) is 8.52. The van der Waals surface area contributed by atoms with Gasteiger partial charge in [0.25, 0.3) is 0 Å². The maximum Gasteiger partial charge on any atom is 0.161 e. The van der Waals surface area contributed by atoms with Crippen molar-refractivity contribution in [3.8, 4) is 11.5 Å². The Kier molecular flexibility index (Phi) is 7.00. The van der Waals surface area contributed by atoms with Crippen molar-refractivity contribution in [1.29, 1.82) is 0 Å². The smallest absolute Gasteiger partial charge is 0.161 e. The molecule has 2 rings (SSSR count). The Morgan fingerprint density at radius 1 is 1.05 bits per heavy atom. The lowest BCUT2D eigenvalue weighted by molar-refractivity contribution is -0.915. The summed E-state index contributed by atoms with van der Waals surface area (Å²) in [5.41, 5.74) is 0. The number of benzene rings is 1. The van der Waals surface area contributed by atoms with Crippen molar-refractivity contribution in [2.24, 2.45) is 0 Å². The third-order valence-corrected chi connectivity index (χ3v) is 3.95. The molecule has 0 saturated carbocycles. The van der Waals surface area contributed by atoms with Crippen LogP contribution in [0.4, 0.5) is 0 Å². The Balaban J connectivity index is 1.65. The number of nitrogens with one attached hydrogen (secondary N) is 1. The molecular formula is C18H30NO3+. The summed E-state index contributed by atoms with van der Waals surface area (Å²) in [5.74, 6) is 1.69. The summed E-state index contributed by atoms with van der Waals surface area (Å²) in [6, 6.07) is 7.89. The average molecular weight is 308 g/mol. The first-order chi connectivity index (χ1) is 10.7. The van der Waals surface area contributed by atoms with Gasteiger partial charge in [0.05, 0.1) is 19.8 Å². The van der Waals surface area contributed by atoms with Gasteiger partial charge < -0.3 is 19.1 Å². The van der Waals surface area contributed by atoms with Crippen molar-refractivity contribution in [3.05, 3.63) is 24.3 Å². The van der Waals surface area contributed by atoms with E-state index in [9.17, 15) is 0 Å². The quantitative estimate of drug-likeness (QED) is 0.745. The molecule has 0 aliphatic carbocycles. The Hall–Kier alpha value is -1.26. The number of hydrogen-bond donors (Lipinski definition) is 1. The molecule has 4 heteroatoms. The van der Waals surface area contributed by atoms with Crippen LogP contribution >= 0.6 is 0 Å². The van der Waals surface area contributed by atoms with Crippen LogP contribution in [0.1, 0.15) is 33.6 Å². The minimum absolute atomic E-state index is 0.382. The standard InChI is InChI=1S/C18H29NO3/c1-4-20-17-9-5-6-10-18(17)21-12-8-7-11-19-13-15(2)22-16(3)14-19/h5-6,9-10,15-16H,4,7-8,11-14H2,1-3H3/p+1/t15-,16-/m0/s1. The zero-order valence-electron chi connectivity index (χ0n) is 14.1. The molecule has 1 saturated heterocycles. The highest BCUT2D eigenvalue weighted by molar-refractivity contribution is 5.39. The predicted octanol–water partition coefficient (Wildman–Crippen LogP) is 1.94. The van der Waals surface area contributed by atoms with Gasteiger partial charge in [-0.15, -0.1) is 0 Å². The average Bonchev–Trinajstić information content (AvgIpc) is 2.48. The van der Waals surface area contributed by atoms with Gasteiger partial charge in [-0.25, -0.2) is 0 Å². The molecule has 1 N–H and O–H groups in total. The summed E-state index contributed by atoms with van der Waals surface area (Å²) in [5, 5.41) is 0. The number of morpholine rings is 1. The van der Waals surface area contributed by atoms with E-state index in [0.717, 1.165) is 37.6 Å². The highest BCUT2D eigenvalue weighted by atomic mass is 16.5. The molecule has 0 unspecified atom stereocenters. The molecule has 124 valence electrons. The highest BCUT2D eigenvalue weighted by Gasteiger charge is 2.24. The largest absolute Gasteiger partial charge is 0.490 e. The van der Waals surface area contributed by atoms with E-state index < -0.39 is 0 Å². The van der Waals surface area contributed by atoms with Gasteiger partial charge in [0, 0.05) is 0 Å². The Labute approximate surface area is 134 Å². The maximum absolute atomic E-state index is 5.86. The van der Waals surface area contributed by atoms with Gasteiger partial charge in [0.2, 0.25) is 0 Å². The molecule has 1 heterocycles. The normalized spacial score (nSPS) is 25.0. The van der Waals surface area contributed by atoms with Crippen LogP contribution in [-0.2, 0) is 4.74 Å². The molecule has 2 atom stereocenters. The molecule has 0 spiro atoms. The molecule has 1 fully saturated rings. The zero-order valence-corrected chi connectivity index (χ0v) is 14.1. The lowest BCUT2D eigenvalue weighted by Gasteiger charge is -2.32. The van der Waals surface area contributed by atoms with E-state index in [4.69, 9.17) is 14.2 Å². The van der Waals surface area contributed by atoms with E-state index in [2.05, 4.69) is 13.8 Å². The highest BCUT2D eigenvalue weighted by Crippen LogP contribution is 2.26. The number of para-hydroxylation sites is 2. The molecule has 1 aromatic carbocycles. The fraction of sp³-hybridized carbons (Fsp3) is 0.667. The van der Waals surface area contributed by atoms with Crippen LogP contribution in [0, 0.1) is 0 Å². The lowest BCUT2D eigenvalue weighted by atomic mass is 10.2. The molecule has 1 aliphatic heterocycles. The first kappa shape index (κ1) is 17.1. The van der Waals surface area contributed by atoms with Crippen LogP contribution < -0.4 is 14.4 Å². The second-order valence-electron chi connectivity index (χ2n) is 6.10. The maximum atomic E-state index is 5.86. The topological polar surface area (TPSA) is 32.1 Å². The number of quaternary nitrogens is 1. The minimum atomic E-state index is 0.382. The van der Waals surface area contributed by atoms with Crippen LogP contribution in [0.2, 0.25) is 0 Å².